The number of aliphatic hydroxyl groups is 1. The largest absolute Gasteiger partial charge is 0.454 e. The van der Waals surface area contributed by atoms with Crippen LogP contribution < -0.4 is 0 Å². The molecule has 1 unspecified atom stereocenters. The molecule has 4 nitrogen and oxygen atoms in total. The first-order chi connectivity index (χ1) is 6.29. The summed E-state index contributed by atoms with van der Waals surface area (Å²) in [5, 5.41) is 8.78. The zero-order valence-corrected chi connectivity index (χ0v) is 7.44. The molecule has 0 aromatic carbocycles. The summed E-state index contributed by atoms with van der Waals surface area (Å²) < 4.78 is 4.49. The molecule has 0 radical (unpaired) electrons. The fraction of sp³-hybridized carbons (Fsp3) is 0.778. The van der Waals surface area contributed by atoms with Crippen molar-refractivity contribution >= 4 is 12.3 Å². The van der Waals surface area contributed by atoms with Crippen molar-refractivity contribution in [2.75, 3.05) is 6.61 Å². The van der Waals surface area contributed by atoms with Crippen molar-refractivity contribution in [2.45, 2.75) is 31.8 Å². The highest BCUT2D eigenvalue weighted by Crippen LogP contribution is 2.26. The van der Waals surface area contributed by atoms with E-state index in [9.17, 15) is 9.59 Å². The van der Waals surface area contributed by atoms with Crippen molar-refractivity contribution < 1.29 is 19.4 Å². The highest BCUT2D eigenvalue weighted by atomic mass is 16.5. The number of carbonyl (C=O) groups excluding carboxylic acids is 2. The second-order valence-electron chi connectivity index (χ2n) is 3.29. The second-order valence-corrected chi connectivity index (χ2v) is 3.29. The van der Waals surface area contributed by atoms with Gasteiger partial charge in [-0.2, -0.15) is 0 Å². The molecule has 0 spiro atoms. The smallest absolute Gasteiger partial charge is 0.293 e. The number of Topliss-reactive ketones (excluding diaryl/α,β-unsaturated/α-hetero) is 1. The summed E-state index contributed by atoms with van der Waals surface area (Å²) in [5.74, 6) is -0.149. The predicted molar refractivity (Wildman–Crippen MR) is 45.0 cm³/mol. The first kappa shape index (κ1) is 10.2. The molecule has 0 aromatic heterocycles. The molecule has 4 heteroatoms. The van der Waals surface area contributed by atoms with E-state index < -0.39 is 12.7 Å². The van der Waals surface area contributed by atoms with Crippen LogP contribution in [0.4, 0.5) is 0 Å². The van der Waals surface area contributed by atoms with Gasteiger partial charge in [-0.25, -0.2) is 0 Å². The van der Waals surface area contributed by atoms with Crippen LogP contribution in [-0.2, 0) is 14.3 Å². The van der Waals surface area contributed by atoms with Crippen LogP contribution in [0.5, 0.6) is 0 Å². The van der Waals surface area contributed by atoms with Crippen molar-refractivity contribution in [3.05, 3.63) is 0 Å². The van der Waals surface area contributed by atoms with Crippen molar-refractivity contribution in [3.63, 3.8) is 0 Å². The third-order valence-corrected chi connectivity index (χ3v) is 2.46. The van der Waals surface area contributed by atoms with E-state index in [1.807, 2.05) is 0 Å². The Bertz CT molecular complexity index is 184. The van der Waals surface area contributed by atoms with Crippen LogP contribution in [-0.4, -0.2) is 30.1 Å². The minimum Gasteiger partial charge on any atom is -0.454 e. The van der Waals surface area contributed by atoms with Gasteiger partial charge in [-0.05, 0) is 12.8 Å². The Morgan fingerprint density at radius 2 is 2.15 bits per heavy atom. The van der Waals surface area contributed by atoms with Crippen LogP contribution in [0.1, 0.15) is 25.7 Å². The van der Waals surface area contributed by atoms with Crippen molar-refractivity contribution in [1.82, 2.24) is 0 Å². The van der Waals surface area contributed by atoms with E-state index in [2.05, 4.69) is 4.74 Å². The van der Waals surface area contributed by atoms with Crippen LogP contribution in [0.15, 0.2) is 0 Å². The van der Waals surface area contributed by atoms with Gasteiger partial charge in [0.25, 0.3) is 6.47 Å². The summed E-state index contributed by atoms with van der Waals surface area (Å²) >= 11 is 0. The van der Waals surface area contributed by atoms with Gasteiger partial charge in [-0.1, -0.05) is 12.8 Å². The zero-order valence-electron chi connectivity index (χ0n) is 7.44. The van der Waals surface area contributed by atoms with Gasteiger partial charge in [-0.15, -0.1) is 0 Å². The maximum Gasteiger partial charge on any atom is 0.293 e. The second kappa shape index (κ2) is 4.97. The van der Waals surface area contributed by atoms with Gasteiger partial charge in [0, 0.05) is 5.92 Å². The molecule has 1 N–H and O–H groups in total. The lowest BCUT2D eigenvalue weighted by molar-refractivity contribution is -0.148. The molecule has 0 amide bonds. The summed E-state index contributed by atoms with van der Waals surface area (Å²) in [6.45, 7) is -0.193. The average molecular weight is 186 g/mol. The summed E-state index contributed by atoms with van der Waals surface area (Å²) in [5.41, 5.74) is 0. The van der Waals surface area contributed by atoms with Gasteiger partial charge in [-0.3, -0.25) is 9.59 Å². The third kappa shape index (κ3) is 2.52. The molecule has 0 heterocycles. The quantitative estimate of drug-likeness (QED) is 0.626. The SMILES string of the molecule is O=COC(CO)C(=O)C1CCCC1. The molecule has 0 aliphatic heterocycles. The molecular weight excluding hydrogens is 172 g/mol. The lowest BCUT2D eigenvalue weighted by atomic mass is 9.99. The van der Waals surface area contributed by atoms with Crippen molar-refractivity contribution in [2.24, 2.45) is 5.92 Å². The third-order valence-electron chi connectivity index (χ3n) is 2.46. The van der Waals surface area contributed by atoms with Gasteiger partial charge in [0.1, 0.15) is 0 Å². The van der Waals surface area contributed by atoms with Crippen molar-refractivity contribution in [3.8, 4) is 0 Å². The van der Waals surface area contributed by atoms with Gasteiger partial charge >= 0.3 is 0 Å². The predicted octanol–water partition coefficient (Wildman–Crippen LogP) is 0.280. The first-order valence-electron chi connectivity index (χ1n) is 4.53. The van der Waals surface area contributed by atoms with E-state index in [4.69, 9.17) is 5.11 Å². The molecule has 1 saturated carbocycles. The monoisotopic (exact) mass is 186 g/mol. The Balaban J connectivity index is 2.46. The minimum absolute atomic E-state index is 0.0166. The number of ketones is 1. The van der Waals surface area contributed by atoms with Gasteiger partial charge in [0.05, 0.1) is 6.61 Å². The summed E-state index contributed by atoms with van der Waals surface area (Å²) in [6, 6.07) is 0. The van der Waals surface area contributed by atoms with Crippen LogP contribution in [0, 0.1) is 5.92 Å². The molecule has 13 heavy (non-hydrogen) atoms. The fourth-order valence-electron chi connectivity index (χ4n) is 1.74. The van der Waals surface area contributed by atoms with E-state index in [0.717, 1.165) is 25.7 Å². The van der Waals surface area contributed by atoms with E-state index in [-0.39, 0.29) is 18.2 Å². The highest BCUT2D eigenvalue weighted by molar-refractivity contribution is 5.86. The standard InChI is InChI=1S/C9H14O4/c10-5-8(13-6-11)9(12)7-3-1-2-4-7/h6-8,10H,1-5H2. The maximum absolute atomic E-state index is 11.5. The minimum atomic E-state index is -0.944. The normalized spacial score (nSPS) is 19.8. The van der Waals surface area contributed by atoms with E-state index in [1.165, 1.54) is 0 Å². The zero-order chi connectivity index (χ0) is 9.68. The van der Waals surface area contributed by atoms with E-state index in [0.29, 0.717) is 0 Å². The number of hydrogen-bond donors (Lipinski definition) is 1. The van der Waals surface area contributed by atoms with E-state index >= 15 is 0 Å². The number of rotatable bonds is 5. The molecule has 1 fully saturated rings. The Morgan fingerprint density at radius 3 is 2.62 bits per heavy atom. The first-order valence-corrected chi connectivity index (χ1v) is 4.53. The lowest BCUT2D eigenvalue weighted by Crippen LogP contribution is -2.32. The number of aliphatic hydroxyl groups excluding tert-OH is 1. The Labute approximate surface area is 76.9 Å². The Morgan fingerprint density at radius 1 is 1.54 bits per heavy atom. The fourth-order valence-corrected chi connectivity index (χ4v) is 1.74. The molecule has 1 aliphatic rings. The van der Waals surface area contributed by atoms with Gasteiger partial charge in [0.15, 0.2) is 11.9 Å². The Kier molecular flexibility index (Phi) is 3.89. The summed E-state index contributed by atoms with van der Waals surface area (Å²) in [4.78, 5) is 21.5. The topological polar surface area (TPSA) is 63.6 Å². The van der Waals surface area contributed by atoms with Crippen molar-refractivity contribution in [1.29, 1.82) is 0 Å². The molecule has 74 valence electrons. The van der Waals surface area contributed by atoms with Crippen LogP contribution >= 0.6 is 0 Å². The van der Waals surface area contributed by atoms with E-state index in [1.54, 1.807) is 0 Å². The van der Waals surface area contributed by atoms with Crippen LogP contribution in [0.25, 0.3) is 0 Å². The molecule has 1 aliphatic carbocycles. The van der Waals surface area contributed by atoms with Crippen LogP contribution in [0.2, 0.25) is 0 Å². The number of hydrogen-bond acceptors (Lipinski definition) is 4. The van der Waals surface area contributed by atoms with Gasteiger partial charge < -0.3 is 9.84 Å². The molecule has 0 saturated heterocycles. The maximum atomic E-state index is 11.5. The summed E-state index contributed by atoms with van der Waals surface area (Å²) in [6.07, 6.45) is 2.88. The molecular formula is C9H14O4. The van der Waals surface area contributed by atoms with Gasteiger partial charge in [0.2, 0.25) is 0 Å². The van der Waals surface area contributed by atoms with Crippen LogP contribution in [0.3, 0.4) is 0 Å². The molecule has 0 bridgehead atoms. The molecule has 0 aromatic rings. The lowest BCUT2D eigenvalue weighted by Gasteiger charge is -2.14. The summed E-state index contributed by atoms with van der Waals surface area (Å²) in [7, 11) is 0. The number of carbonyl (C=O) groups is 2. The molecule has 1 rings (SSSR count). The number of ether oxygens (including phenoxy) is 1. The average Bonchev–Trinajstić information content (AvgIpc) is 2.65. The highest BCUT2D eigenvalue weighted by Gasteiger charge is 2.29. The molecule has 1 atom stereocenters. The Hall–Kier alpha value is -0.900.